The molecule has 0 atom stereocenters. The van der Waals surface area contributed by atoms with Gasteiger partial charge in [-0.2, -0.15) is 0 Å². The molecule has 0 saturated heterocycles. The third kappa shape index (κ3) is 1.65. The van der Waals surface area contributed by atoms with Crippen molar-refractivity contribution in [3.8, 4) is 0 Å². The third-order valence-electron chi connectivity index (χ3n) is 5.73. The molecule has 4 saturated carbocycles. The van der Waals surface area contributed by atoms with Gasteiger partial charge in [0, 0.05) is 18.8 Å². The Morgan fingerprint density at radius 2 is 1.67 bits per heavy atom. The third-order valence-corrected chi connectivity index (χ3v) is 5.73. The predicted octanol–water partition coefficient (Wildman–Crippen LogP) is 2.92. The molecule has 0 spiro atoms. The smallest absolute Gasteiger partial charge is 0.250 e. The van der Waals surface area contributed by atoms with Gasteiger partial charge in [-0.1, -0.05) is 6.07 Å². The Hall–Kier alpha value is -1.05. The molecule has 0 unspecified atom stereocenters. The second-order valence-corrected chi connectivity index (χ2v) is 6.79. The largest absolute Gasteiger partial charge is 0.315 e. The van der Waals surface area contributed by atoms with E-state index in [0.29, 0.717) is 0 Å². The van der Waals surface area contributed by atoms with Crippen LogP contribution in [0.5, 0.6) is 0 Å². The molecular weight excluding hydrogens is 222 g/mol. The first-order chi connectivity index (χ1) is 8.79. The Bertz CT molecular complexity index is 476. The summed E-state index contributed by atoms with van der Waals surface area (Å²) in [6, 6.07) is 5.52. The van der Waals surface area contributed by atoms with E-state index in [1.807, 2.05) is 22.9 Å². The van der Waals surface area contributed by atoms with Crippen molar-refractivity contribution in [1.82, 2.24) is 4.57 Å². The zero-order valence-electron chi connectivity index (χ0n) is 10.8. The molecule has 4 aliphatic rings. The minimum absolute atomic E-state index is 0.173. The van der Waals surface area contributed by atoms with Crippen molar-refractivity contribution < 1.29 is 0 Å². The van der Waals surface area contributed by atoms with Crippen LogP contribution in [0.25, 0.3) is 0 Å². The molecule has 1 aromatic heterocycles. The lowest BCUT2D eigenvalue weighted by Gasteiger charge is -2.54. The van der Waals surface area contributed by atoms with Crippen molar-refractivity contribution in [2.75, 3.05) is 0 Å². The molecule has 18 heavy (non-hydrogen) atoms. The van der Waals surface area contributed by atoms with Gasteiger partial charge in [-0.15, -0.1) is 0 Å². The van der Waals surface area contributed by atoms with Crippen LogP contribution in [-0.4, -0.2) is 4.57 Å². The minimum Gasteiger partial charge on any atom is -0.315 e. The van der Waals surface area contributed by atoms with E-state index in [-0.39, 0.29) is 5.56 Å². The molecule has 1 heterocycles. The molecule has 4 bridgehead atoms. The van der Waals surface area contributed by atoms with Crippen LogP contribution in [0.1, 0.15) is 32.1 Å². The summed E-state index contributed by atoms with van der Waals surface area (Å²) in [5.41, 5.74) is 0.173. The van der Waals surface area contributed by atoms with Crippen LogP contribution in [0, 0.1) is 29.6 Å². The molecule has 5 rings (SSSR count). The maximum atomic E-state index is 11.8. The summed E-state index contributed by atoms with van der Waals surface area (Å²) < 4.78 is 1.94. The van der Waals surface area contributed by atoms with E-state index in [1.165, 1.54) is 32.1 Å². The molecule has 96 valence electrons. The number of pyridine rings is 1. The molecule has 4 fully saturated rings. The van der Waals surface area contributed by atoms with Gasteiger partial charge in [-0.25, -0.2) is 0 Å². The summed E-state index contributed by atoms with van der Waals surface area (Å²) >= 11 is 0. The van der Waals surface area contributed by atoms with Crippen LogP contribution in [0.3, 0.4) is 0 Å². The summed E-state index contributed by atoms with van der Waals surface area (Å²) in [4.78, 5) is 11.8. The highest BCUT2D eigenvalue weighted by molar-refractivity contribution is 5.00. The fraction of sp³-hybridized carbons (Fsp3) is 0.688. The summed E-state index contributed by atoms with van der Waals surface area (Å²) in [7, 11) is 0. The number of aromatic nitrogens is 1. The molecule has 0 N–H and O–H groups in total. The first kappa shape index (κ1) is 10.8. The molecule has 4 aliphatic carbocycles. The zero-order chi connectivity index (χ0) is 12.1. The maximum absolute atomic E-state index is 11.8. The van der Waals surface area contributed by atoms with Gasteiger partial charge < -0.3 is 4.57 Å². The van der Waals surface area contributed by atoms with E-state index in [9.17, 15) is 4.79 Å². The van der Waals surface area contributed by atoms with E-state index in [1.54, 1.807) is 6.07 Å². The molecule has 2 heteroatoms. The van der Waals surface area contributed by atoms with Crippen LogP contribution in [0.15, 0.2) is 29.2 Å². The number of hydrogen-bond acceptors (Lipinski definition) is 1. The summed E-state index contributed by atoms with van der Waals surface area (Å²) in [5.74, 6) is 4.65. The molecule has 0 aromatic carbocycles. The zero-order valence-corrected chi connectivity index (χ0v) is 10.8. The van der Waals surface area contributed by atoms with Crippen molar-refractivity contribution in [3.05, 3.63) is 34.7 Å². The van der Waals surface area contributed by atoms with Crippen molar-refractivity contribution in [2.45, 2.75) is 38.6 Å². The number of hydrogen-bond donors (Lipinski definition) is 0. The first-order valence-corrected chi connectivity index (χ1v) is 7.45. The normalized spacial score (nSPS) is 41.2. The highest BCUT2D eigenvalue weighted by Gasteiger charge is 2.47. The van der Waals surface area contributed by atoms with E-state index >= 15 is 0 Å². The Morgan fingerprint density at radius 1 is 1.00 bits per heavy atom. The standard InChI is InChI=1S/C16H21NO/c18-16-3-1-2-4-17(16)10-15-13-6-11-5-12(8-13)9-14(15)7-11/h1-4,11-15H,5-10H2. The van der Waals surface area contributed by atoms with Crippen LogP contribution >= 0.6 is 0 Å². The van der Waals surface area contributed by atoms with Crippen LogP contribution in [0.2, 0.25) is 0 Å². The number of nitrogens with zero attached hydrogens (tertiary/aromatic N) is 1. The lowest BCUT2D eigenvalue weighted by atomic mass is 9.52. The average Bonchev–Trinajstić information content (AvgIpc) is 2.35. The Balaban J connectivity index is 1.59. The molecular formula is C16H21NO. The van der Waals surface area contributed by atoms with Crippen molar-refractivity contribution in [2.24, 2.45) is 29.6 Å². The van der Waals surface area contributed by atoms with Crippen molar-refractivity contribution in [1.29, 1.82) is 0 Å². The predicted molar refractivity (Wildman–Crippen MR) is 71.2 cm³/mol. The van der Waals surface area contributed by atoms with Crippen LogP contribution < -0.4 is 5.56 Å². The van der Waals surface area contributed by atoms with E-state index in [0.717, 1.165) is 36.1 Å². The fourth-order valence-electron chi connectivity index (χ4n) is 5.17. The van der Waals surface area contributed by atoms with Gasteiger partial charge in [0.2, 0.25) is 0 Å². The maximum Gasteiger partial charge on any atom is 0.250 e. The van der Waals surface area contributed by atoms with Gasteiger partial charge in [0.25, 0.3) is 5.56 Å². The highest BCUT2D eigenvalue weighted by atomic mass is 16.1. The van der Waals surface area contributed by atoms with Crippen LogP contribution in [-0.2, 0) is 6.54 Å². The van der Waals surface area contributed by atoms with E-state index in [2.05, 4.69) is 0 Å². The SMILES string of the molecule is O=c1ccccn1CC1C2CC3CC(C2)CC1C3. The monoisotopic (exact) mass is 243 g/mol. The van der Waals surface area contributed by atoms with Gasteiger partial charge in [0.05, 0.1) is 0 Å². The fourth-order valence-corrected chi connectivity index (χ4v) is 5.17. The molecule has 0 aliphatic heterocycles. The van der Waals surface area contributed by atoms with Gasteiger partial charge in [-0.3, -0.25) is 4.79 Å². The second kappa shape index (κ2) is 3.97. The number of rotatable bonds is 2. The molecule has 0 radical (unpaired) electrons. The topological polar surface area (TPSA) is 22.0 Å². The Morgan fingerprint density at radius 3 is 2.28 bits per heavy atom. The summed E-state index contributed by atoms with van der Waals surface area (Å²) in [6.07, 6.45) is 9.25. The van der Waals surface area contributed by atoms with Gasteiger partial charge in [0.15, 0.2) is 0 Å². The summed E-state index contributed by atoms with van der Waals surface area (Å²) in [5, 5.41) is 0. The molecule has 0 amide bonds. The minimum atomic E-state index is 0.173. The van der Waals surface area contributed by atoms with Gasteiger partial charge in [-0.05, 0) is 67.8 Å². The lowest BCUT2D eigenvalue weighted by Crippen LogP contribution is -2.47. The van der Waals surface area contributed by atoms with E-state index in [4.69, 9.17) is 0 Å². The quantitative estimate of drug-likeness (QED) is 0.783. The molecule has 1 aromatic rings. The van der Waals surface area contributed by atoms with Crippen LogP contribution in [0.4, 0.5) is 0 Å². The Labute approximate surface area is 108 Å². The Kier molecular flexibility index (Phi) is 2.39. The molecule has 2 nitrogen and oxygen atoms in total. The van der Waals surface area contributed by atoms with Crippen molar-refractivity contribution >= 4 is 0 Å². The average molecular weight is 243 g/mol. The van der Waals surface area contributed by atoms with Crippen molar-refractivity contribution in [3.63, 3.8) is 0 Å². The first-order valence-electron chi connectivity index (χ1n) is 7.45. The second-order valence-electron chi connectivity index (χ2n) is 6.79. The summed E-state index contributed by atoms with van der Waals surface area (Å²) in [6.45, 7) is 0.967. The lowest BCUT2D eigenvalue weighted by molar-refractivity contribution is -0.0433. The van der Waals surface area contributed by atoms with Gasteiger partial charge >= 0.3 is 0 Å². The van der Waals surface area contributed by atoms with E-state index < -0.39 is 0 Å². The van der Waals surface area contributed by atoms with Gasteiger partial charge in [0.1, 0.15) is 0 Å². The highest BCUT2D eigenvalue weighted by Crippen LogP contribution is 2.56.